The van der Waals surface area contributed by atoms with Gasteiger partial charge in [-0.15, -0.1) is 0 Å². The zero-order valence-corrected chi connectivity index (χ0v) is 5.47. The molecule has 1 N–H and O–H groups in total. The number of aldehydes is 1. The molecule has 52 valence electrons. The van der Waals surface area contributed by atoms with Crippen molar-refractivity contribution in [1.29, 1.82) is 0 Å². The second-order valence-electron chi connectivity index (χ2n) is 2.22. The molecular formula is C6H12N2O. The average Bonchev–Trinajstić information content (AvgIpc) is 1.91. The molecule has 0 bridgehead atoms. The lowest BCUT2D eigenvalue weighted by Gasteiger charge is -2.24. The first-order valence-corrected chi connectivity index (χ1v) is 3.30. The van der Waals surface area contributed by atoms with Crippen LogP contribution in [0.2, 0.25) is 0 Å². The lowest BCUT2D eigenvalue weighted by atomic mass is 10.5. The summed E-state index contributed by atoms with van der Waals surface area (Å²) in [4.78, 5) is 12.2. The molecule has 0 aromatic rings. The van der Waals surface area contributed by atoms with Crippen molar-refractivity contribution in [3.8, 4) is 0 Å². The van der Waals surface area contributed by atoms with Crippen LogP contribution in [0.4, 0.5) is 0 Å². The summed E-state index contributed by atoms with van der Waals surface area (Å²) < 4.78 is 0. The predicted molar refractivity (Wildman–Crippen MR) is 35.4 cm³/mol. The number of piperazine rings is 1. The summed E-state index contributed by atoms with van der Waals surface area (Å²) >= 11 is 0. The molecule has 1 aliphatic heterocycles. The highest BCUT2D eigenvalue weighted by molar-refractivity contribution is 5.51. The number of nitrogens with one attached hydrogen (secondary N) is 1. The maximum absolute atomic E-state index is 10.0. The van der Waals surface area contributed by atoms with E-state index in [-0.39, 0.29) is 0 Å². The van der Waals surface area contributed by atoms with Gasteiger partial charge in [-0.3, -0.25) is 4.90 Å². The molecule has 0 saturated carbocycles. The third kappa shape index (κ3) is 2.11. The van der Waals surface area contributed by atoms with E-state index >= 15 is 0 Å². The van der Waals surface area contributed by atoms with E-state index in [1.165, 1.54) is 0 Å². The highest BCUT2D eigenvalue weighted by Gasteiger charge is 2.06. The van der Waals surface area contributed by atoms with Crippen LogP contribution in [0.5, 0.6) is 0 Å². The maximum atomic E-state index is 10.0. The van der Waals surface area contributed by atoms with Crippen molar-refractivity contribution < 1.29 is 4.79 Å². The number of carbonyl (C=O) groups is 1. The second-order valence-corrected chi connectivity index (χ2v) is 2.22. The largest absolute Gasteiger partial charge is 0.314 e. The van der Waals surface area contributed by atoms with E-state index in [1.807, 2.05) is 0 Å². The molecule has 0 atom stereocenters. The monoisotopic (exact) mass is 130 g/mol. The normalized spacial score (nSPS) is 21.8. The summed E-state index contributed by atoms with van der Waals surface area (Å²) in [6.45, 7) is 4.67. The van der Waals surface area contributed by atoms with E-state index < -0.39 is 0 Å². The highest BCUT2D eigenvalue weighted by atomic mass is 16.1. The molecule has 1 heterocycles. The molecule has 1 saturated heterocycles. The van der Waals surface area contributed by atoms with E-state index in [4.69, 9.17) is 0 Å². The Bertz CT molecular complexity index is 89.1. The molecule has 0 unspecified atom stereocenters. The Balaban J connectivity index is 2.15. The van der Waals surface area contributed by atoms with E-state index in [0.717, 1.165) is 32.5 Å². The van der Waals surface area contributed by atoms with Crippen LogP contribution in [0, 0.1) is 0 Å². The Hall–Kier alpha value is -0.410. The van der Waals surface area contributed by atoms with Crippen molar-refractivity contribution in [3.05, 3.63) is 0 Å². The predicted octanol–water partition coefficient (Wildman–Crippen LogP) is -0.909. The first kappa shape index (κ1) is 6.71. The Morgan fingerprint density at radius 1 is 1.44 bits per heavy atom. The fourth-order valence-electron chi connectivity index (χ4n) is 0.999. The minimum absolute atomic E-state index is 0.599. The summed E-state index contributed by atoms with van der Waals surface area (Å²) in [6, 6.07) is 0. The van der Waals surface area contributed by atoms with E-state index in [0.29, 0.717) is 6.54 Å². The highest BCUT2D eigenvalue weighted by Crippen LogP contribution is 1.87. The summed E-state index contributed by atoms with van der Waals surface area (Å²) in [5.41, 5.74) is 0. The molecule has 0 amide bonds. The molecule has 0 aromatic heterocycles. The fraction of sp³-hybridized carbons (Fsp3) is 0.833. The molecule has 0 spiro atoms. The average molecular weight is 130 g/mol. The van der Waals surface area contributed by atoms with Crippen molar-refractivity contribution in [2.45, 2.75) is 0 Å². The van der Waals surface area contributed by atoms with Gasteiger partial charge in [0.05, 0.1) is 6.54 Å². The number of rotatable bonds is 2. The van der Waals surface area contributed by atoms with Crippen LogP contribution >= 0.6 is 0 Å². The van der Waals surface area contributed by atoms with Crippen LogP contribution in [-0.4, -0.2) is 43.9 Å². The van der Waals surface area contributed by atoms with Gasteiger partial charge in [-0.05, 0) is 0 Å². The molecule has 0 aliphatic carbocycles. The lowest BCUT2D eigenvalue weighted by Crippen LogP contribution is -2.44. The van der Waals surface area contributed by atoms with Crippen molar-refractivity contribution in [1.82, 2.24) is 10.2 Å². The van der Waals surface area contributed by atoms with Gasteiger partial charge in [0.2, 0.25) is 0 Å². The molecule has 1 aliphatic rings. The zero-order valence-electron chi connectivity index (χ0n) is 5.47. The van der Waals surface area contributed by atoms with Crippen LogP contribution in [-0.2, 0) is 4.79 Å². The first-order valence-electron chi connectivity index (χ1n) is 3.30. The Kier molecular flexibility index (Phi) is 2.67. The van der Waals surface area contributed by atoms with E-state index in [2.05, 4.69) is 10.2 Å². The molecular weight excluding hydrogens is 118 g/mol. The Morgan fingerprint density at radius 3 is 2.67 bits per heavy atom. The number of hydrogen-bond acceptors (Lipinski definition) is 3. The number of carbonyl (C=O) groups excluding carboxylic acids is 1. The van der Waals surface area contributed by atoms with E-state index in [1.54, 1.807) is 0 Å². The number of nitrogens with zero attached hydrogens (tertiary/aromatic N) is 1. The van der Waals surface area contributed by atoms with Gasteiger partial charge in [-0.25, -0.2) is 0 Å². The minimum Gasteiger partial charge on any atom is -0.314 e. The summed E-state index contributed by atoms with van der Waals surface area (Å²) in [5, 5.41) is 3.22. The van der Waals surface area contributed by atoms with Crippen molar-refractivity contribution >= 4 is 6.29 Å². The van der Waals surface area contributed by atoms with Gasteiger partial charge in [0.1, 0.15) is 6.29 Å². The van der Waals surface area contributed by atoms with Gasteiger partial charge in [-0.2, -0.15) is 0 Å². The standard InChI is InChI=1S/C6H12N2O/c9-6-5-8-3-1-7-2-4-8/h6-7H,1-5H2/i7+1,8+1. The third-order valence-corrected chi connectivity index (χ3v) is 1.54. The Morgan fingerprint density at radius 2 is 2.11 bits per heavy atom. The van der Waals surface area contributed by atoms with Crippen molar-refractivity contribution in [2.75, 3.05) is 32.7 Å². The third-order valence-electron chi connectivity index (χ3n) is 1.54. The second kappa shape index (κ2) is 3.58. The SMILES string of the molecule is O=CC[15N]1CC[15NH]CC1. The molecule has 3 heteroatoms. The Labute approximate surface area is 55.0 Å². The molecule has 9 heavy (non-hydrogen) atoms. The molecule has 3 nitrogen and oxygen atoms in total. The van der Waals surface area contributed by atoms with Crippen LogP contribution in [0.25, 0.3) is 0 Å². The topological polar surface area (TPSA) is 32.3 Å². The van der Waals surface area contributed by atoms with Gasteiger partial charge in [0.25, 0.3) is 0 Å². The fourth-order valence-corrected chi connectivity index (χ4v) is 0.999. The van der Waals surface area contributed by atoms with Crippen LogP contribution in [0.1, 0.15) is 0 Å². The summed E-state index contributed by atoms with van der Waals surface area (Å²) in [5.74, 6) is 0. The molecule has 0 aromatic carbocycles. The quantitative estimate of drug-likeness (QED) is 0.388. The van der Waals surface area contributed by atoms with Gasteiger partial charge < -0.3 is 10.1 Å². The first-order chi connectivity index (χ1) is 4.43. The molecule has 1 fully saturated rings. The lowest BCUT2D eigenvalue weighted by molar-refractivity contribution is -0.109. The molecule has 1 rings (SSSR count). The van der Waals surface area contributed by atoms with E-state index in [9.17, 15) is 4.79 Å². The van der Waals surface area contributed by atoms with Gasteiger partial charge in [-0.1, -0.05) is 0 Å². The van der Waals surface area contributed by atoms with Crippen molar-refractivity contribution in [2.24, 2.45) is 0 Å². The number of hydrogen-bond donors (Lipinski definition) is 1. The zero-order chi connectivity index (χ0) is 6.53. The summed E-state index contributed by atoms with van der Waals surface area (Å²) in [6.07, 6.45) is 0.964. The van der Waals surface area contributed by atoms with Gasteiger partial charge >= 0.3 is 0 Å². The van der Waals surface area contributed by atoms with Crippen LogP contribution in [0.15, 0.2) is 0 Å². The smallest absolute Gasteiger partial charge is 0.133 e. The van der Waals surface area contributed by atoms with Crippen molar-refractivity contribution in [3.63, 3.8) is 0 Å². The molecule has 0 radical (unpaired) electrons. The van der Waals surface area contributed by atoms with Gasteiger partial charge in [0.15, 0.2) is 0 Å². The van der Waals surface area contributed by atoms with Crippen LogP contribution < -0.4 is 5.32 Å². The summed E-state index contributed by atoms with van der Waals surface area (Å²) in [7, 11) is 0. The van der Waals surface area contributed by atoms with Gasteiger partial charge in [0, 0.05) is 26.2 Å². The minimum atomic E-state index is 0.599. The van der Waals surface area contributed by atoms with Crippen LogP contribution in [0.3, 0.4) is 0 Å². The maximum Gasteiger partial charge on any atom is 0.133 e.